The predicted molar refractivity (Wildman–Crippen MR) is 98.0 cm³/mol. The highest BCUT2D eigenvalue weighted by atomic mass is 16.5. The van der Waals surface area contributed by atoms with Gasteiger partial charge in [-0.3, -0.25) is 4.79 Å². The van der Waals surface area contributed by atoms with Crippen molar-refractivity contribution in [3.05, 3.63) is 69.4 Å². The molecule has 128 valence electrons. The normalized spacial score (nSPS) is 10.8. The number of carbonyl (C=O) groups is 1. The number of fused-ring (bicyclic) bond motifs is 1. The molecule has 0 atom stereocenters. The van der Waals surface area contributed by atoms with Gasteiger partial charge in [-0.1, -0.05) is 37.3 Å². The smallest absolute Gasteiger partial charge is 0.341 e. The number of carbonyl (C=O) groups excluding carboxylic acids is 1. The van der Waals surface area contributed by atoms with E-state index in [2.05, 4.69) is 6.92 Å². The molecule has 0 fully saturated rings. The van der Waals surface area contributed by atoms with Gasteiger partial charge in [0.15, 0.2) is 11.0 Å². The highest BCUT2D eigenvalue weighted by Gasteiger charge is 2.18. The molecule has 0 saturated heterocycles. The van der Waals surface area contributed by atoms with Gasteiger partial charge in [0.1, 0.15) is 11.3 Å². The van der Waals surface area contributed by atoms with Crippen molar-refractivity contribution < 1.29 is 13.9 Å². The molecule has 1 heterocycles. The molecule has 1 aromatic heterocycles. The van der Waals surface area contributed by atoms with Gasteiger partial charge in [0, 0.05) is 11.1 Å². The Morgan fingerprint density at radius 3 is 2.44 bits per heavy atom. The van der Waals surface area contributed by atoms with Gasteiger partial charge in [0.2, 0.25) is 0 Å². The molecule has 0 saturated carbocycles. The second-order valence-corrected chi connectivity index (χ2v) is 5.84. The number of para-hydroxylation sites is 1. The van der Waals surface area contributed by atoms with E-state index >= 15 is 0 Å². The summed E-state index contributed by atoms with van der Waals surface area (Å²) in [6.07, 6.45) is 0.938. The molecule has 0 N–H and O–H groups in total. The van der Waals surface area contributed by atoms with Gasteiger partial charge in [-0.05, 0) is 38.0 Å². The molecule has 4 heteroatoms. The van der Waals surface area contributed by atoms with E-state index in [1.54, 1.807) is 32.0 Å². The first-order chi connectivity index (χ1) is 12.1. The van der Waals surface area contributed by atoms with E-state index < -0.39 is 5.97 Å². The maximum atomic E-state index is 12.8. The molecule has 0 bridgehead atoms. The van der Waals surface area contributed by atoms with Crippen LogP contribution in [-0.2, 0) is 11.2 Å². The van der Waals surface area contributed by atoms with Gasteiger partial charge >= 0.3 is 5.97 Å². The number of hydrogen-bond acceptors (Lipinski definition) is 4. The summed E-state index contributed by atoms with van der Waals surface area (Å²) in [5, 5.41) is 0.386. The average Bonchev–Trinajstić information content (AvgIpc) is 2.64. The minimum absolute atomic E-state index is 0.137. The van der Waals surface area contributed by atoms with Crippen molar-refractivity contribution in [3.8, 4) is 11.3 Å². The number of aryl methyl sites for hydroxylation is 1. The zero-order valence-electron chi connectivity index (χ0n) is 14.6. The Morgan fingerprint density at radius 2 is 1.80 bits per heavy atom. The summed E-state index contributed by atoms with van der Waals surface area (Å²) in [6, 6.07) is 12.8. The Balaban J connectivity index is 2.26. The summed E-state index contributed by atoms with van der Waals surface area (Å²) >= 11 is 0. The molecule has 2 aromatic carbocycles. The summed E-state index contributed by atoms with van der Waals surface area (Å²) in [5.74, 6) is -0.00992. The van der Waals surface area contributed by atoms with Crippen molar-refractivity contribution in [1.29, 1.82) is 0 Å². The number of benzene rings is 2. The highest BCUT2D eigenvalue weighted by molar-refractivity contribution is 6.02. The lowest BCUT2D eigenvalue weighted by Crippen LogP contribution is -2.11. The van der Waals surface area contributed by atoms with Gasteiger partial charge in [0.25, 0.3) is 0 Å². The first kappa shape index (κ1) is 17.0. The third kappa shape index (κ3) is 3.07. The summed E-state index contributed by atoms with van der Waals surface area (Å²) in [4.78, 5) is 25.0. The van der Waals surface area contributed by atoms with Crippen molar-refractivity contribution in [2.24, 2.45) is 0 Å². The Kier molecular flexibility index (Phi) is 4.70. The molecular weight excluding hydrogens is 316 g/mol. The Hall–Kier alpha value is -2.88. The van der Waals surface area contributed by atoms with E-state index in [0.29, 0.717) is 16.7 Å². The lowest BCUT2D eigenvalue weighted by molar-refractivity contribution is 0.0527. The molecule has 0 spiro atoms. The standard InChI is InChI=1S/C21H20O4/c1-4-14-9-11-15(12-10-14)19-13(3)18(22)16-7-6-8-17(20(16)25-19)21(23)24-5-2/h6-12H,4-5H2,1-3H3. The molecule has 0 unspecified atom stereocenters. The third-order valence-electron chi connectivity index (χ3n) is 4.26. The van der Waals surface area contributed by atoms with Gasteiger partial charge in [-0.15, -0.1) is 0 Å². The van der Waals surface area contributed by atoms with Crippen LogP contribution in [0.4, 0.5) is 0 Å². The third-order valence-corrected chi connectivity index (χ3v) is 4.26. The molecule has 0 aliphatic rings. The number of hydrogen-bond donors (Lipinski definition) is 0. The number of ether oxygens (including phenoxy) is 1. The van der Waals surface area contributed by atoms with Crippen LogP contribution in [0.2, 0.25) is 0 Å². The molecule has 0 radical (unpaired) electrons. The van der Waals surface area contributed by atoms with E-state index in [0.717, 1.165) is 12.0 Å². The molecule has 3 aromatic rings. The largest absolute Gasteiger partial charge is 0.462 e. The lowest BCUT2D eigenvalue weighted by atomic mass is 10.0. The van der Waals surface area contributed by atoms with E-state index in [1.807, 2.05) is 24.3 Å². The van der Waals surface area contributed by atoms with Gasteiger partial charge in [-0.2, -0.15) is 0 Å². The van der Waals surface area contributed by atoms with Gasteiger partial charge in [0.05, 0.1) is 12.0 Å². The Labute approximate surface area is 146 Å². The van der Waals surface area contributed by atoms with Crippen LogP contribution in [0.1, 0.15) is 35.3 Å². The Morgan fingerprint density at radius 1 is 1.08 bits per heavy atom. The van der Waals surface area contributed by atoms with E-state index in [9.17, 15) is 9.59 Å². The monoisotopic (exact) mass is 336 g/mol. The number of esters is 1. The summed E-state index contributed by atoms with van der Waals surface area (Å²) < 4.78 is 11.1. The second kappa shape index (κ2) is 6.93. The zero-order valence-corrected chi connectivity index (χ0v) is 14.6. The predicted octanol–water partition coefficient (Wildman–Crippen LogP) is 4.51. The minimum Gasteiger partial charge on any atom is -0.462 e. The molecule has 0 amide bonds. The fourth-order valence-corrected chi connectivity index (χ4v) is 2.85. The topological polar surface area (TPSA) is 56.5 Å². The fraction of sp³-hybridized carbons (Fsp3) is 0.238. The van der Waals surface area contributed by atoms with Gasteiger partial charge < -0.3 is 9.15 Å². The van der Waals surface area contributed by atoms with Crippen LogP contribution in [0.5, 0.6) is 0 Å². The van der Waals surface area contributed by atoms with E-state index in [1.165, 1.54) is 5.56 Å². The van der Waals surface area contributed by atoms with Crippen LogP contribution in [0, 0.1) is 6.92 Å². The van der Waals surface area contributed by atoms with E-state index in [-0.39, 0.29) is 23.2 Å². The molecule has 25 heavy (non-hydrogen) atoms. The Bertz CT molecular complexity index is 981. The maximum absolute atomic E-state index is 12.8. The highest BCUT2D eigenvalue weighted by Crippen LogP contribution is 2.28. The number of rotatable bonds is 4. The van der Waals surface area contributed by atoms with Crippen molar-refractivity contribution >= 4 is 16.9 Å². The molecular formula is C21H20O4. The SMILES string of the molecule is CCOC(=O)c1cccc2c(=O)c(C)c(-c3ccc(CC)cc3)oc12. The second-order valence-electron chi connectivity index (χ2n) is 5.84. The van der Waals surface area contributed by atoms with E-state index in [4.69, 9.17) is 9.15 Å². The van der Waals surface area contributed by atoms with Crippen LogP contribution in [-0.4, -0.2) is 12.6 Å². The van der Waals surface area contributed by atoms with Crippen LogP contribution in [0.3, 0.4) is 0 Å². The first-order valence-electron chi connectivity index (χ1n) is 8.39. The lowest BCUT2D eigenvalue weighted by Gasteiger charge is -2.10. The molecule has 0 aliphatic carbocycles. The average molecular weight is 336 g/mol. The quantitative estimate of drug-likeness (QED) is 0.658. The van der Waals surface area contributed by atoms with Crippen LogP contribution < -0.4 is 5.43 Å². The first-order valence-corrected chi connectivity index (χ1v) is 8.39. The van der Waals surface area contributed by atoms with Crippen LogP contribution in [0.25, 0.3) is 22.3 Å². The molecule has 3 rings (SSSR count). The van der Waals surface area contributed by atoms with Crippen molar-refractivity contribution in [3.63, 3.8) is 0 Å². The zero-order chi connectivity index (χ0) is 18.0. The maximum Gasteiger partial charge on any atom is 0.341 e. The van der Waals surface area contributed by atoms with Crippen molar-refractivity contribution in [2.45, 2.75) is 27.2 Å². The van der Waals surface area contributed by atoms with Crippen LogP contribution >= 0.6 is 0 Å². The summed E-state index contributed by atoms with van der Waals surface area (Å²) in [5.41, 5.74) is 2.94. The molecule has 4 nitrogen and oxygen atoms in total. The van der Waals surface area contributed by atoms with Crippen LogP contribution in [0.15, 0.2) is 51.7 Å². The summed E-state index contributed by atoms with van der Waals surface area (Å²) in [7, 11) is 0. The van der Waals surface area contributed by atoms with Crippen molar-refractivity contribution in [2.75, 3.05) is 6.61 Å². The van der Waals surface area contributed by atoms with Crippen molar-refractivity contribution in [1.82, 2.24) is 0 Å². The summed E-state index contributed by atoms with van der Waals surface area (Å²) in [6.45, 7) is 5.83. The minimum atomic E-state index is -0.493. The molecule has 0 aliphatic heterocycles. The fourth-order valence-electron chi connectivity index (χ4n) is 2.85. The van der Waals surface area contributed by atoms with Gasteiger partial charge in [-0.25, -0.2) is 4.79 Å².